The molecule has 0 N–H and O–H groups in total. The number of thiocarbonyl (C=S) groups is 1. The molecule has 1 aromatic rings. The third-order valence-electron chi connectivity index (χ3n) is 3.85. The molecule has 7 nitrogen and oxygen atoms in total. The first kappa shape index (κ1) is 23.2. The van der Waals surface area contributed by atoms with E-state index in [0.29, 0.717) is 6.54 Å². The molecule has 1 amide bonds. The zero-order valence-corrected chi connectivity index (χ0v) is 17.6. The molecule has 1 aliphatic heterocycles. The number of anilines is 1. The minimum atomic E-state index is -6.04. The maximum atomic E-state index is 13.3. The summed E-state index contributed by atoms with van der Waals surface area (Å²) in [6.45, 7) is 5.19. The number of sulfonamides is 1. The third-order valence-corrected chi connectivity index (χ3v) is 5.61. The van der Waals surface area contributed by atoms with Gasteiger partial charge in [0, 0.05) is 6.54 Å². The van der Waals surface area contributed by atoms with Crippen LogP contribution in [0.3, 0.4) is 0 Å². The highest BCUT2D eigenvalue weighted by Crippen LogP contribution is 2.34. The normalized spacial score (nSPS) is 17.4. The van der Waals surface area contributed by atoms with Gasteiger partial charge in [0.2, 0.25) is 0 Å². The number of ether oxygens (including phenoxy) is 2. The van der Waals surface area contributed by atoms with E-state index in [-0.39, 0.29) is 40.2 Å². The lowest BCUT2D eigenvalue weighted by atomic mass is 10.1. The van der Waals surface area contributed by atoms with Crippen LogP contribution in [0, 0.1) is 5.92 Å². The lowest BCUT2D eigenvalue weighted by molar-refractivity contribution is -0.0438. The van der Waals surface area contributed by atoms with E-state index in [0.717, 1.165) is 6.07 Å². The summed E-state index contributed by atoms with van der Waals surface area (Å²) in [6, 6.07) is 5.36. The molecule has 0 aliphatic carbocycles. The van der Waals surface area contributed by atoms with E-state index in [1.54, 1.807) is 25.7 Å². The number of benzene rings is 1. The molecule has 0 aromatic heterocycles. The van der Waals surface area contributed by atoms with Gasteiger partial charge in [-0.15, -0.1) is 0 Å². The fourth-order valence-corrected chi connectivity index (χ4v) is 3.77. The Morgan fingerprint density at radius 3 is 2.52 bits per heavy atom. The van der Waals surface area contributed by atoms with Crippen LogP contribution in [-0.4, -0.2) is 49.3 Å². The SMILES string of the molecule is CC(C)COC(=O)N(c1ccccc1CN1CC(C)OC1=S)S(=O)(=O)C(F)(F)F. The van der Waals surface area contributed by atoms with Gasteiger partial charge in [-0.05, 0) is 36.7 Å². The summed E-state index contributed by atoms with van der Waals surface area (Å²) in [5, 5.41) is 0.139. The summed E-state index contributed by atoms with van der Waals surface area (Å²) >= 11 is 5.08. The number of hydrogen-bond donors (Lipinski definition) is 0. The van der Waals surface area contributed by atoms with Crippen molar-refractivity contribution < 1.29 is 35.9 Å². The second-order valence-corrected chi connectivity index (χ2v) is 9.02. The van der Waals surface area contributed by atoms with Gasteiger partial charge in [0.05, 0.1) is 18.8 Å². The van der Waals surface area contributed by atoms with Crippen molar-refractivity contribution >= 4 is 39.2 Å². The number of nitrogens with zero attached hydrogens (tertiary/aromatic N) is 2. The minimum Gasteiger partial charge on any atom is -0.466 e. The predicted octanol–water partition coefficient (Wildman–Crippen LogP) is 3.64. The first-order valence-electron chi connectivity index (χ1n) is 8.66. The average molecular weight is 454 g/mol. The first-order valence-corrected chi connectivity index (χ1v) is 10.5. The molecule has 1 atom stereocenters. The minimum absolute atomic E-state index is 0.0410. The van der Waals surface area contributed by atoms with Crippen molar-refractivity contribution in [3.05, 3.63) is 29.8 Å². The van der Waals surface area contributed by atoms with Gasteiger partial charge < -0.3 is 14.4 Å². The van der Waals surface area contributed by atoms with E-state index < -0.39 is 27.3 Å². The van der Waals surface area contributed by atoms with Crippen molar-refractivity contribution in [2.75, 3.05) is 17.5 Å². The molecular formula is C17H21F3N2O5S2. The molecule has 0 saturated carbocycles. The fourth-order valence-electron chi connectivity index (χ4n) is 2.57. The van der Waals surface area contributed by atoms with Crippen molar-refractivity contribution in [2.45, 2.75) is 38.9 Å². The van der Waals surface area contributed by atoms with Crippen LogP contribution in [0.4, 0.5) is 23.7 Å². The van der Waals surface area contributed by atoms with E-state index in [1.807, 2.05) is 0 Å². The summed E-state index contributed by atoms with van der Waals surface area (Å²) in [7, 11) is -6.04. The highest BCUT2D eigenvalue weighted by molar-refractivity contribution is 7.94. The third kappa shape index (κ3) is 5.30. The number of para-hydroxylation sites is 1. The second kappa shape index (κ2) is 8.74. The van der Waals surface area contributed by atoms with Crippen LogP contribution in [0.15, 0.2) is 24.3 Å². The number of hydrogen-bond acceptors (Lipinski definition) is 6. The molecule has 1 heterocycles. The monoisotopic (exact) mass is 454 g/mol. The van der Waals surface area contributed by atoms with Crippen molar-refractivity contribution in [2.24, 2.45) is 5.92 Å². The van der Waals surface area contributed by atoms with E-state index in [9.17, 15) is 26.4 Å². The van der Waals surface area contributed by atoms with E-state index >= 15 is 0 Å². The highest BCUT2D eigenvalue weighted by atomic mass is 32.2. The number of alkyl halides is 3. The fraction of sp³-hybridized carbons (Fsp3) is 0.529. The molecule has 1 aliphatic rings. The molecule has 0 bridgehead atoms. The van der Waals surface area contributed by atoms with E-state index in [2.05, 4.69) is 0 Å². The Kier molecular flexibility index (Phi) is 6.99. The van der Waals surface area contributed by atoms with Crippen LogP contribution in [0.5, 0.6) is 0 Å². The van der Waals surface area contributed by atoms with E-state index in [4.69, 9.17) is 21.7 Å². The van der Waals surface area contributed by atoms with Gasteiger partial charge in [-0.2, -0.15) is 25.9 Å². The molecule has 162 valence electrons. The first-order chi connectivity index (χ1) is 13.3. The Hall–Kier alpha value is -2.08. The maximum Gasteiger partial charge on any atom is 0.517 e. The molecule has 0 spiro atoms. The average Bonchev–Trinajstić information content (AvgIpc) is 2.90. The Morgan fingerprint density at radius 1 is 1.38 bits per heavy atom. The smallest absolute Gasteiger partial charge is 0.466 e. The van der Waals surface area contributed by atoms with Crippen LogP contribution in [0.2, 0.25) is 0 Å². The van der Waals surface area contributed by atoms with Gasteiger partial charge in [0.25, 0.3) is 5.17 Å². The quantitative estimate of drug-likeness (QED) is 0.608. The van der Waals surface area contributed by atoms with Gasteiger partial charge in [0.15, 0.2) is 0 Å². The Bertz CT molecular complexity index is 874. The molecule has 0 radical (unpaired) electrons. The largest absolute Gasteiger partial charge is 0.517 e. The number of carbonyl (C=O) groups is 1. The lowest BCUT2D eigenvalue weighted by Gasteiger charge is -2.26. The summed E-state index contributed by atoms with van der Waals surface area (Å²) in [5.74, 6) is -0.203. The van der Waals surface area contributed by atoms with Crippen molar-refractivity contribution in [3.8, 4) is 0 Å². The maximum absolute atomic E-state index is 13.3. The lowest BCUT2D eigenvalue weighted by Crippen LogP contribution is -2.45. The standard InChI is InChI=1S/C17H21F3N2O5S2/c1-11(2)10-26-15(23)22(29(24,25)17(18,19)20)14-7-5-4-6-13(14)9-21-8-12(3)27-16(21)28/h4-7,11-12H,8-10H2,1-3H3. The van der Waals surface area contributed by atoms with Crippen molar-refractivity contribution in [1.82, 2.24) is 4.90 Å². The Morgan fingerprint density at radius 2 is 2.00 bits per heavy atom. The second-order valence-electron chi connectivity index (χ2n) is 6.89. The zero-order chi connectivity index (χ0) is 22.0. The molecular weight excluding hydrogens is 433 g/mol. The summed E-state index contributed by atoms with van der Waals surface area (Å²) in [6.07, 6.45) is -1.85. The van der Waals surface area contributed by atoms with Gasteiger partial charge >= 0.3 is 21.6 Å². The zero-order valence-electron chi connectivity index (χ0n) is 16.0. The van der Waals surface area contributed by atoms with Gasteiger partial charge in [0.1, 0.15) is 6.10 Å². The number of amides is 1. The topological polar surface area (TPSA) is 76.2 Å². The van der Waals surface area contributed by atoms with Crippen LogP contribution in [-0.2, 0) is 26.0 Å². The highest BCUT2D eigenvalue weighted by Gasteiger charge is 2.53. The molecule has 12 heteroatoms. The van der Waals surface area contributed by atoms with Crippen LogP contribution in [0.25, 0.3) is 0 Å². The predicted molar refractivity (Wildman–Crippen MR) is 104 cm³/mol. The van der Waals surface area contributed by atoms with Crippen molar-refractivity contribution in [3.63, 3.8) is 0 Å². The number of carbonyl (C=O) groups excluding carboxylic acids is 1. The molecule has 2 rings (SSSR count). The molecule has 1 saturated heterocycles. The van der Waals surface area contributed by atoms with Gasteiger partial charge in [-0.3, -0.25) is 0 Å². The van der Waals surface area contributed by atoms with Crippen LogP contribution in [0.1, 0.15) is 26.3 Å². The van der Waals surface area contributed by atoms with Crippen LogP contribution < -0.4 is 4.31 Å². The summed E-state index contributed by atoms with van der Waals surface area (Å²) in [4.78, 5) is 14.0. The van der Waals surface area contributed by atoms with Gasteiger partial charge in [-0.1, -0.05) is 32.0 Å². The summed E-state index contributed by atoms with van der Waals surface area (Å²) < 4.78 is 74.0. The van der Waals surface area contributed by atoms with Gasteiger partial charge in [-0.25, -0.2) is 4.79 Å². The molecule has 29 heavy (non-hydrogen) atoms. The number of rotatable bonds is 6. The summed E-state index contributed by atoms with van der Waals surface area (Å²) in [5.41, 5.74) is -6.01. The number of halogens is 3. The van der Waals surface area contributed by atoms with E-state index in [1.165, 1.54) is 18.2 Å². The molecule has 1 aromatic carbocycles. The van der Waals surface area contributed by atoms with Crippen LogP contribution >= 0.6 is 12.2 Å². The Balaban J connectivity index is 2.48. The molecule has 1 fully saturated rings. The molecule has 1 unspecified atom stereocenters. The Labute approximate surface area is 172 Å². The van der Waals surface area contributed by atoms with Crippen molar-refractivity contribution in [1.29, 1.82) is 0 Å².